The summed E-state index contributed by atoms with van der Waals surface area (Å²) in [6, 6.07) is 3.59. The Labute approximate surface area is 182 Å². The van der Waals surface area contributed by atoms with Crippen molar-refractivity contribution in [3.05, 3.63) is 35.8 Å². The molecule has 1 saturated heterocycles. The molecule has 3 saturated carbocycles. The number of carbonyl (C=O) groups is 2. The van der Waals surface area contributed by atoms with Crippen molar-refractivity contribution < 1.29 is 28.6 Å². The van der Waals surface area contributed by atoms with Gasteiger partial charge in [0.05, 0.1) is 12.4 Å². The fourth-order valence-electron chi connectivity index (χ4n) is 8.10. The molecule has 0 spiro atoms. The van der Waals surface area contributed by atoms with E-state index in [1.165, 1.54) is 5.57 Å². The molecule has 0 aromatic carbocycles. The number of hydrogen-bond acceptors (Lipinski definition) is 6. The Morgan fingerprint density at radius 1 is 1.23 bits per heavy atom. The van der Waals surface area contributed by atoms with Crippen LogP contribution in [0.1, 0.15) is 63.9 Å². The molecule has 0 amide bonds. The normalized spacial score (nSPS) is 46.0. The van der Waals surface area contributed by atoms with Crippen LogP contribution in [-0.2, 0) is 19.1 Å². The second-order valence-corrected chi connectivity index (χ2v) is 10.4. The minimum Gasteiger partial charge on any atom is -0.464 e. The lowest BCUT2D eigenvalue weighted by molar-refractivity contribution is -0.188. The van der Waals surface area contributed by atoms with Gasteiger partial charge in [-0.05, 0) is 80.4 Å². The highest BCUT2D eigenvalue weighted by Crippen LogP contribution is 2.69. The first-order valence-electron chi connectivity index (χ1n) is 11.7. The highest BCUT2D eigenvalue weighted by atomic mass is 16.8. The first-order chi connectivity index (χ1) is 15.0. The van der Waals surface area contributed by atoms with Gasteiger partial charge in [-0.25, -0.2) is 0 Å². The monoisotopic (exact) mass is 426 g/mol. The van der Waals surface area contributed by atoms with E-state index in [0.717, 1.165) is 38.5 Å². The second kappa shape index (κ2) is 6.87. The Kier molecular flexibility index (Phi) is 4.41. The summed E-state index contributed by atoms with van der Waals surface area (Å²) in [6.45, 7) is 1.64. The van der Waals surface area contributed by atoms with Crippen molar-refractivity contribution in [2.75, 3.05) is 6.61 Å². The summed E-state index contributed by atoms with van der Waals surface area (Å²) in [6.07, 6.45) is 8.72. The zero-order valence-electron chi connectivity index (χ0n) is 17.9. The Balaban J connectivity index is 1.35. The molecule has 4 fully saturated rings. The quantitative estimate of drug-likeness (QED) is 0.792. The third-order valence-electron chi connectivity index (χ3n) is 9.37. The van der Waals surface area contributed by atoms with E-state index in [1.807, 2.05) is 6.08 Å². The van der Waals surface area contributed by atoms with Gasteiger partial charge >= 0.3 is 0 Å². The first-order valence-corrected chi connectivity index (χ1v) is 11.7. The molecular formula is C25H30O6. The molecule has 4 aliphatic carbocycles. The van der Waals surface area contributed by atoms with Crippen LogP contribution in [0.3, 0.4) is 0 Å². The van der Waals surface area contributed by atoms with Crippen LogP contribution < -0.4 is 0 Å². The zero-order chi connectivity index (χ0) is 21.4. The maximum Gasteiger partial charge on any atom is 0.218 e. The van der Waals surface area contributed by atoms with Crippen LogP contribution >= 0.6 is 0 Å². The summed E-state index contributed by atoms with van der Waals surface area (Å²) in [7, 11) is 0. The summed E-state index contributed by atoms with van der Waals surface area (Å²) >= 11 is 0. The van der Waals surface area contributed by atoms with E-state index >= 15 is 0 Å². The van der Waals surface area contributed by atoms with E-state index in [-0.39, 0.29) is 23.1 Å². The highest BCUT2D eigenvalue weighted by molar-refractivity contribution is 5.92. The molecule has 6 nitrogen and oxygen atoms in total. The van der Waals surface area contributed by atoms with Gasteiger partial charge in [0.15, 0.2) is 22.9 Å². The van der Waals surface area contributed by atoms with Crippen LogP contribution in [0.5, 0.6) is 0 Å². The number of furan rings is 1. The lowest BCUT2D eigenvalue weighted by Gasteiger charge is -2.55. The first kappa shape index (κ1) is 19.9. The fourth-order valence-corrected chi connectivity index (χ4v) is 8.10. The number of hydrogen-bond donors (Lipinski definition) is 1. The van der Waals surface area contributed by atoms with Crippen LogP contribution in [0, 0.1) is 29.1 Å². The van der Waals surface area contributed by atoms with Gasteiger partial charge in [-0.15, -0.1) is 0 Å². The van der Waals surface area contributed by atoms with Crippen molar-refractivity contribution in [1.29, 1.82) is 0 Å². The summed E-state index contributed by atoms with van der Waals surface area (Å²) in [4.78, 5) is 25.2. The summed E-state index contributed by atoms with van der Waals surface area (Å²) in [5.41, 5.74) is -0.162. The number of aliphatic hydroxyl groups excluding tert-OH is 1. The largest absolute Gasteiger partial charge is 0.464 e. The predicted molar refractivity (Wildman–Crippen MR) is 110 cm³/mol. The van der Waals surface area contributed by atoms with Crippen LogP contribution in [0.4, 0.5) is 0 Å². The molecule has 0 unspecified atom stereocenters. The molecule has 1 aromatic heterocycles. The number of aliphatic hydroxyl groups is 1. The smallest absolute Gasteiger partial charge is 0.218 e. The zero-order valence-corrected chi connectivity index (χ0v) is 17.9. The minimum atomic E-state index is -1.13. The average Bonchev–Trinajstić information content (AvgIpc) is 3.47. The number of fused-ring (bicyclic) bond motifs is 7. The molecule has 0 radical (unpaired) electrons. The molecule has 166 valence electrons. The van der Waals surface area contributed by atoms with Crippen LogP contribution in [0.25, 0.3) is 0 Å². The van der Waals surface area contributed by atoms with Crippen molar-refractivity contribution in [2.24, 2.45) is 29.1 Å². The highest BCUT2D eigenvalue weighted by Gasteiger charge is 2.74. The second-order valence-electron chi connectivity index (χ2n) is 10.4. The number of ether oxygens (including phenoxy) is 2. The number of Topliss-reactive ketones (excluding diaryl/α,β-unsaturated/α-hetero) is 1. The number of carbonyl (C=O) groups excluding carboxylic acids is 2. The third kappa shape index (κ3) is 2.55. The van der Waals surface area contributed by atoms with Crippen molar-refractivity contribution in [2.45, 2.75) is 69.9 Å². The lowest BCUT2D eigenvalue weighted by atomic mass is 9.50. The van der Waals surface area contributed by atoms with Gasteiger partial charge in [-0.2, -0.15) is 0 Å². The molecule has 1 aliphatic heterocycles. The molecule has 6 rings (SSSR count). The van der Waals surface area contributed by atoms with Gasteiger partial charge in [0, 0.05) is 11.8 Å². The lowest BCUT2D eigenvalue weighted by Crippen LogP contribution is -2.59. The Hall–Kier alpha value is -1.76. The number of ketones is 2. The predicted octanol–water partition coefficient (Wildman–Crippen LogP) is 3.75. The van der Waals surface area contributed by atoms with E-state index in [4.69, 9.17) is 13.9 Å². The van der Waals surface area contributed by atoms with Crippen molar-refractivity contribution in [1.82, 2.24) is 0 Å². The molecule has 5 aliphatic rings. The van der Waals surface area contributed by atoms with Gasteiger partial charge in [-0.3, -0.25) is 9.59 Å². The van der Waals surface area contributed by atoms with E-state index in [9.17, 15) is 14.7 Å². The fraction of sp³-hybridized carbons (Fsp3) is 0.680. The van der Waals surface area contributed by atoms with Gasteiger partial charge in [0.25, 0.3) is 0 Å². The molecular weight excluding hydrogens is 396 g/mol. The summed E-state index contributed by atoms with van der Waals surface area (Å²) < 4.78 is 18.3. The molecule has 8 atom stereocenters. The summed E-state index contributed by atoms with van der Waals surface area (Å²) in [5, 5.41) is 9.92. The van der Waals surface area contributed by atoms with Crippen LogP contribution in [-0.4, -0.2) is 35.0 Å². The van der Waals surface area contributed by atoms with Crippen molar-refractivity contribution >= 4 is 11.6 Å². The van der Waals surface area contributed by atoms with E-state index in [0.29, 0.717) is 35.9 Å². The molecule has 2 heterocycles. The van der Waals surface area contributed by atoms with Crippen LogP contribution in [0.15, 0.2) is 34.5 Å². The Bertz CT molecular complexity index is 934. The number of rotatable bonds is 3. The minimum absolute atomic E-state index is 0.269. The Morgan fingerprint density at radius 2 is 2.10 bits per heavy atom. The standard InChI is InChI=1S/C25H30O6/c1-24-9-8-17-16-7-5-15(27)11-14(16)4-6-18(17)19(24)12-22-25(24,21(28)13-26)31-23(30-22)20-3-2-10-29-20/h2-3,10-11,16-19,22-23,26H,4-9,12-13H2,1H3/t16-,17+,18+,19-,22+,23-,24-,25+/m0/s1. The van der Waals surface area contributed by atoms with E-state index < -0.39 is 18.5 Å². The van der Waals surface area contributed by atoms with Gasteiger partial charge in [0.1, 0.15) is 6.61 Å². The molecule has 0 bridgehead atoms. The molecule has 6 heteroatoms. The van der Waals surface area contributed by atoms with Gasteiger partial charge in [-0.1, -0.05) is 12.5 Å². The average molecular weight is 427 g/mol. The maximum atomic E-state index is 13.3. The van der Waals surface area contributed by atoms with Crippen molar-refractivity contribution in [3.8, 4) is 0 Å². The summed E-state index contributed by atoms with van der Waals surface area (Å²) in [5.74, 6) is 2.44. The van der Waals surface area contributed by atoms with Gasteiger partial charge in [0.2, 0.25) is 6.29 Å². The molecule has 31 heavy (non-hydrogen) atoms. The number of allylic oxidation sites excluding steroid dienone is 1. The van der Waals surface area contributed by atoms with E-state index in [2.05, 4.69) is 6.92 Å². The van der Waals surface area contributed by atoms with Crippen LogP contribution in [0.2, 0.25) is 0 Å². The topological polar surface area (TPSA) is 86.0 Å². The maximum absolute atomic E-state index is 13.3. The molecule has 1 N–H and O–H groups in total. The molecule has 1 aromatic rings. The van der Waals surface area contributed by atoms with Crippen molar-refractivity contribution in [3.63, 3.8) is 0 Å². The van der Waals surface area contributed by atoms with E-state index in [1.54, 1.807) is 18.4 Å². The van der Waals surface area contributed by atoms with Gasteiger partial charge < -0.3 is 19.0 Å². The Morgan fingerprint density at radius 3 is 2.87 bits per heavy atom. The SMILES string of the molecule is C[C@]12CC[C@H]3[C@@H](CCC4=CC(=O)CC[C@@H]43)[C@@H]1C[C@H]1O[C@H](c3ccco3)O[C@]12C(=O)CO. The third-order valence-corrected chi connectivity index (χ3v) is 9.37.